The average Bonchev–Trinajstić information content (AvgIpc) is 2.48. The van der Waals surface area contributed by atoms with E-state index in [1.807, 2.05) is 0 Å². The Labute approximate surface area is 142 Å². The molecular formula is C20H42BN. The largest absolute Gasteiger partial charge is 0.306 e. The lowest BCUT2D eigenvalue weighted by atomic mass is 9.63. The van der Waals surface area contributed by atoms with E-state index < -0.39 is 0 Å². The van der Waals surface area contributed by atoms with Crippen molar-refractivity contribution in [2.45, 2.75) is 103 Å². The SMILES string of the molecule is BC1(C)CCCCCC(CCN(C)CCCCCC)CCC1. The van der Waals surface area contributed by atoms with Crippen LogP contribution in [0.4, 0.5) is 0 Å². The molecule has 2 heteroatoms. The van der Waals surface area contributed by atoms with Gasteiger partial charge in [-0.2, -0.15) is 0 Å². The zero-order valence-corrected chi connectivity index (χ0v) is 16.1. The highest BCUT2D eigenvalue weighted by molar-refractivity contribution is 6.14. The van der Waals surface area contributed by atoms with Gasteiger partial charge in [0.05, 0.1) is 0 Å². The number of unbranched alkanes of at least 4 members (excludes halogenated alkanes) is 3. The van der Waals surface area contributed by atoms with E-state index in [1.165, 1.54) is 96.6 Å². The van der Waals surface area contributed by atoms with Crippen LogP contribution in [-0.4, -0.2) is 32.9 Å². The number of rotatable bonds is 8. The van der Waals surface area contributed by atoms with Gasteiger partial charge in [-0.05, 0) is 38.9 Å². The minimum Gasteiger partial charge on any atom is -0.306 e. The van der Waals surface area contributed by atoms with Gasteiger partial charge in [0.1, 0.15) is 7.85 Å². The molecule has 0 radical (unpaired) electrons. The van der Waals surface area contributed by atoms with Crippen LogP contribution in [0.15, 0.2) is 0 Å². The summed E-state index contributed by atoms with van der Waals surface area (Å²) in [4.78, 5) is 2.58. The molecule has 0 amide bonds. The molecule has 2 atom stereocenters. The van der Waals surface area contributed by atoms with Crippen molar-refractivity contribution in [3.05, 3.63) is 0 Å². The van der Waals surface area contributed by atoms with Gasteiger partial charge in [0.25, 0.3) is 0 Å². The molecule has 0 bridgehead atoms. The lowest BCUT2D eigenvalue weighted by Gasteiger charge is -2.28. The molecule has 0 aromatic rings. The van der Waals surface area contributed by atoms with Gasteiger partial charge in [-0.15, -0.1) is 0 Å². The molecule has 1 fully saturated rings. The molecule has 0 N–H and O–H groups in total. The predicted molar refractivity (Wildman–Crippen MR) is 104 cm³/mol. The minimum absolute atomic E-state index is 0.595. The van der Waals surface area contributed by atoms with Gasteiger partial charge in [0.15, 0.2) is 0 Å². The van der Waals surface area contributed by atoms with E-state index in [2.05, 4.69) is 33.6 Å². The zero-order valence-electron chi connectivity index (χ0n) is 16.1. The summed E-state index contributed by atoms with van der Waals surface area (Å²) in [6.45, 7) is 7.40. The molecule has 1 saturated carbocycles. The fraction of sp³-hybridized carbons (Fsp3) is 1.00. The molecule has 0 aliphatic heterocycles. The summed E-state index contributed by atoms with van der Waals surface area (Å²) in [5.74, 6) is 0.993. The second kappa shape index (κ2) is 11.5. The Bertz CT molecular complexity index is 264. The van der Waals surface area contributed by atoms with E-state index in [0.29, 0.717) is 5.31 Å². The van der Waals surface area contributed by atoms with Crippen molar-refractivity contribution in [3.63, 3.8) is 0 Å². The van der Waals surface area contributed by atoms with E-state index in [9.17, 15) is 0 Å². The van der Waals surface area contributed by atoms with Crippen LogP contribution < -0.4 is 0 Å². The summed E-state index contributed by atoms with van der Waals surface area (Å²) in [7, 11) is 4.81. The lowest BCUT2D eigenvalue weighted by Crippen LogP contribution is -2.23. The number of nitrogens with zero attached hydrogens (tertiary/aromatic N) is 1. The maximum atomic E-state index is 2.58. The molecule has 0 aromatic heterocycles. The average molecular weight is 307 g/mol. The molecule has 130 valence electrons. The fourth-order valence-corrected chi connectivity index (χ4v) is 3.96. The molecule has 1 rings (SSSR count). The number of hydrogen-bond acceptors (Lipinski definition) is 1. The van der Waals surface area contributed by atoms with Crippen LogP contribution in [0.5, 0.6) is 0 Å². The molecule has 1 aliphatic rings. The van der Waals surface area contributed by atoms with Gasteiger partial charge in [0, 0.05) is 0 Å². The quantitative estimate of drug-likeness (QED) is 0.425. The van der Waals surface area contributed by atoms with E-state index in [1.54, 1.807) is 0 Å². The highest BCUT2D eigenvalue weighted by Gasteiger charge is 2.20. The summed E-state index contributed by atoms with van der Waals surface area (Å²) in [6.07, 6.45) is 18.7. The molecule has 1 nitrogen and oxygen atoms in total. The molecule has 0 spiro atoms. The van der Waals surface area contributed by atoms with Gasteiger partial charge in [-0.1, -0.05) is 89.8 Å². The maximum absolute atomic E-state index is 2.58. The van der Waals surface area contributed by atoms with Crippen molar-refractivity contribution in [1.29, 1.82) is 0 Å². The van der Waals surface area contributed by atoms with Crippen LogP contribution >= 0.6 is 0 Å². The smallest absolute Gasteiger partial charge is 0.109 e. The van der Waals surface area contributed by atoms with E-state index in [-0.39, 0.29) is 0 Å². The third kappa shape index (κ3) is 9.92. The zero-order chi connectivity index (χ0) is 16.3. The highest BCUT2D eigenvalue weighted by Crippen LogP contribution is 2.37. The highest BCUT2D eigenvalue weighted by atomic mass is 15.1. The van der Waals surface area contributed by atoms with Crippen molar-refractivity contribution < 1.29 is 0 Å². The van der Waals surface area contributed by atoms with Crippen molar-refractivity contribution in [2.24, 2.45) is 5.92 Å². The molecule has 0 saturated heterocycles. The molecule has 0 aromatic carbocycles. The third-order valence-corrected chi connectivity index (χ3v) is 5.74. The monoisotopic (exact) mass is 307 g/mol. The first kappa shape index (κ1) is 20.1. The Balaban J connectivity index is 2.21. The summed E-state index contributed by atoms with van der Waals surface area (Å²) < 4.78 is 0. The van der Waals surface area contributed by atoms with Crippen molar-refractivity contribution in [2.75, 3.05) is 20.1 Å². The maximum Gasteiger partial charge on any atom is 0.109 e. The Morgan fingerprint density at radius 2 is 1.68 bits per heavy atom. The fourth-order valence-electron chi connectivity index (χ4n) is 3.96. The normalized spacial score (nSPS) is 27.9. The van der Waals surface area contributed by atoms with Gasteiger partial charge in [-0.25, -0.2) is 0 Å². The third-order valence-electron chi connectivity index (χ3n) is 5.74. The molecule has 1 aliphatic carbocycles. The van der Waals surface area contributed by atoms with E-state index in [0.717, 1.165) is 5.92 Å². The summed E-state index contributed by atoms with van der Waals surface area (Å²) in [5.41, 5.74) is 0. The molecule has 2 unspecified atom stereocenters. The van der Waals surface area contributed by atoms with Gasteiger partial charge in [-0.3, -0.25) is 0 Å². The number of hydrogen-bond donors (Lipinski definition) is 0. The van der Waals surface area contributed by atoms with Crippen molar-refractivity contribution >= 4 is 7.85 Å². The predicted octanol–water partition coefficient (Wildman–Crippen LogP) is 5.45. The first-order chi connectivity index (χ1) is 10.5. The minimum atomic E-state index is 0.595. The van der Waals surface area contributed by atoms with Gasteiger partial charge in [0.2, 0.25) is 0 Å². The van der Waals surface area contributed by atoms with Crippen LogP contribution in [0.3, 0.4) is 0 Å². The first-order valence-corrected chi connectivity index (χ1v) is 10.2. The van der Waals surface area contributed by atoms with E-state index in [4.69, 9.17) is 0 Å². The Hall–Kier alpha value is 0.0249. The van der Waals surface area contributed by atoms with Crippen molar-refractivity contribution in [3.8, 4) is 0 Å². The van der Waals surface area contributed by atoms with Crippen LogP contribution in [0.1, 0.15) is 97.3 Å². The molecule has 22 heavy (non-hydrogen) atoms. The summed E-state index contributed by atoms with van der Waals surface area (Å²) in [6, 6.07) is 0. The Kier molecular flexibility index (Phi) is 10.5. The van der Waals surface area contributed by atoms with Gasteiger partial charge >= 0.3 is 0 Å². The van der Waals surface area contributed by atoms with Crippen molar-refractivity contribution in [1.82, 2.24) is 4.90 Å². The second-order valence-corrected chi connectivity index (χ2v) is 8.67. The standard InChI is InChI=1S/C20H42BN/c1-4-5-6-10-17-22(3)18-14-19-12-8-7-9-15-20(2,21)16-11-13-19/h19H,4-18,21H2,1-3H3. The van der Waals surface area contributed by atoms with Crippen LogP contribution in [0, 0.1) is 5.92 Å². The molecule has 0 heterocycles. The Morgan fingerprint density at radius 3 is 2.45 bits per heavy atom. The van der Waals surface area contributed by atoms with Crippen LogP contribution in [0.25, 0.3) is 0 Å². The lowest BCUT2D eigenvalue weighted by molar-refractivity contribution is 0.269. The summed E-state index contributed by atoms with van der Waals surface area (Å²) in [5, 5.41) is 0.595. The topological polar surface area (TPSA) is 3.24 Å². The molecular weight excluding hydrogens is 265 g/mol. The van der Waals surface area contributed by atoms with Crippen LogP contribution in [0.2, 0.25) is 5.31 Å². The Morgan fingerprint density at radius 1 is 0.955 bits per heavy atom. The van der Waals surface area contributed by atoms with E-state index >= 15 is 0 Å². The van der Waals surface area contributed by atoms with Crippen LogP contribution in [-0.2, 0) is 0 Å². The van der Waals surface area contributed by atoms with Gasteiger partial charge < -0.3 is 4.90 Å². The summed E-state index contributed by atoms with van der Waals surface area (Å²) >= 11 is 0. The second-order valence-electron chi connectivity index (χ2n) is 8.67. The first-order valence-electron chi connectivity index (χ1n) is 10.2.